The van der Waals surface area contributed by atoms with Crippen LogP contribution in [0.5, 0.6) is 0 Å². The van der Waals surface area contributed by atoms with Crippen LogP contribution in [0.15, 0.2) is 29.1 Å². The molecule has 2 heterocycles. The van der Waals surface area contributed by atoms with Gasteiger partial charge in [0.2, 0.25) is 0 Å². The van der Waals surface area contributed by atoms with Gasteiger partial charge in [-0.3, -0.25) is 0 Å². The zero-order chi connectivity index (χ0) is 13.7. The maximum Gasteiger partial charge on any atom is 0.110 e. The van der Waals surface area contributed by atoms with Gasteiger partial charge in [0.1, 0.15) is 11.6 Å². The van der Waals surface area contributed by atoms with Gasteiger partial charge in [0, 0.05) is 43.4 Å². The van der Waals surface area contributed by atoms with Crippen LogP contribution >= 0.6 is 0 Å². The van der Waals surface area contributed by atoms with Gasteiger partial charge in [-0.05, 0) is 19.5 Å². The lowest BCUT2D eigenvalue weighted by Gasteiger charge is -2.16. The molecule has 0 aliphatic carbocycles. The summed E-state index contributed by atoms with van der Waals surface area (Å²) in [5.41, 5.74) is 1.25. The van der Waals surface area contributed by atoms with Crippen LogP contribution in [0.1, 0.15) is 43.5 Å². The van der Waals surface area contributed by atoms with E-state index in [0.29, 0.717) is 0 Å². The number of nitrogens with zero attached hydrogens (tertiary/aromatic N) is 2. The van der Waals surface area contributed by atoms with E-state index in [-0.39, 0.29) is 6.04 Å². The summed E-state index contributed by atoms with van der Waals surface area (Å²) in [5, 5.41) is 3.37. The molecule has 0 saturated heterocycles. The van der Waals surface area contributed by atoms with Gasteiger partial charge < -0.3 is 14.3 Å². The van der Waals surface area contributed by atoms with Gasteiger partial charge in [-0.2, -0.15) is 0 Å². The third-order valence-electron chi connectivity index (χ3n) is 3.48. The molecule has 2 aromatic heterocycles. The van der Waals surface area contributed by atoms with Crippen molar-refractivity contribution in [3.63, 3.8) is 0 Å². The molecular formula is C15H23N3O. The molecule has 0 saturated carbocycles. The minimum Gasteiger partial charge on any atom is -0.469 e. The van der Waals surface area contributed by atoms with E-state index in [2.05, 4.69) is 41.0 Å². The Morgan fingerprint density at radius 3 is 2.95 bits per heavy atom. The van der Waals surface area contributed by atoms with Crippen LogP contribution in [0.3, 0.4) is 0 Å². The van der Waals surface area contributed by atoms with Crippen molar-refractivity contribution >= 4 is 0 Å². The molecule has 0 spiro atoms. The number of nitrogens with one attached hydrogen (secondary N) is 1. The highest BCUT2D eigenvalue weighted by molar-refractivity contribution is 5.22. The van der Waals surface area contributed by atoms with E-state index in [9.17, 15) is 0 Å². The zero-order valence-electron chi connectivity index (χ0n) is 12.0. The average molecular weight is 261 g/mol. The van der Waals surface area contributed by atoms with E-state index in [4.69, 9.17) is 4.42 Å². The number of aryl methyl sites for hydroxylation is 2. The zero-order valence-corrected chi connectivity index (χ0v) is 12.0. The number of rotatable bonds is 7. The Morgan fingerprint density at radius 2 is 2.26 bits per heavy atom. The molecule has 2 aromatic rings. The molecule has 0 aliphatic heterocycles. The van der Waals surface area contributed by atoms with E-state index < -0.39 is 0 Å². The Labute approximate surface area is 114 Å². The van der Waals surface area contributed by atoms with Crippen molar-refractivity contribution in [2.45, 2.75) is 45.7 Å². The maximum absolute atomic E-state index is 5.53. The SMILES string of the molecule is CCCn1ccnc1CC(NC)c1ccoc1CC. The molecule has 0 aliphatic rings. The van der Waals surface area contributed by atoms with Gasteiger partial charge in [0.25, 0.3) is 0 Å². The maximum atomic E-state index is 5.53. The number of furan rings is 1. The molecule has 0 aromatic carbocycles. The Bertz CT molecular complexity index is 501. The van der Waals surface area contributed by atoms with Gasteiger partial charge in [-0.15, -0.1) is 0 Å². The lowest BCUT2D eigenvalue weighted by Crippen LogP contribution is -2.21. The first-order valence-electron chi connectivity index (χ1n) is 7.03. The van der Waals surface area contributed by atoms with E-state index in [1.807, 2.05) is 13.2 Å². The van der Waals surface area contributed by atoms with Crippen molar-refractivity contribution in [3.8, 4) is 0 Å². The first-order valence-corrected chi connectivity index (χ1v) is 7.03. The number of likely N-dealkylation sites (N-methyl/N-ethyl adjacent to an activating group) is 1. The monoisotopic (exact) mass is 261 g/mol. The fourth-order valence-corrected chi connectivity index (χ4v) is 2.47. The summed E-state index contributed by atoms with van der Waals surface area (Å²) in [6.45, 7) is 5.33. The van der Waals surface area contributed by atoms with Gasteiger partial charge >= 0.3 is 0 Å². The Kier molecular flexibility index (Phi) is 4.80. The third-order valence-corrected chi connectivity index (χ3v) is 3.48. The second-order valence-electron chi connectivity index (χ2n) is 4.73. The summed E-state index contributed by atoms with van der Waals surface area (Å²) in [6.07, 6.45) is 8.64. The van der Waals surface area contributed by atoms with E-state index in [1.165, 1.54) is 5.56 Å². The molecule has 0 fully saturated rings. The largest absolute Gasteiger partial charge is 0.469 e. The molecule has 104 valence electrons. The summed E-state index contributed by atoms with van der Waals surface area (Å²) in [7, 11) is 1.99. The normalized spacial score (nSPS) is 12.8. The molecule has 0 amide bonds. The van der Waals surface area contributed by atoms with Gasteiger partial charge in [-0.1, -0.05) is 13.8 Å². The van der Waals surface area contributed by atoms with E-state index in [0.717, 1.165) is 37.4 Å². The summed E-state index contributed by atoms with van der Waals surface area (Å²) in [4.78, 5) is 4.48. The minimum atomic E-state index is 0.256. The molecule has 1 N–H and O–H groups in total. The smallest absolute Gasteiger partial charge is 0.110 e. The van der Waals surface area contributed by atoms with E-state index in [1.54, 1.807) is 6.26 Å². The van der Waals surface area contributed by atoms with Crippen molar-refractivity contribution in [2.24, 2.45) is 0 Å². The Morgan fingerprint density at radius 1 is 1.42 bits per heavy atom. The lowest BCUT2D eigenvalue weighted by atomic mass is 10.0. The predicted octanol–water partition coefficient (Wildman–Crippen LogP) is 2.95. The summed E-state index contributed by atoms with van der Waals surface area (Å²) < 4.78 is 7.76. The molecule has 0 bridgehead atoms. The van der Waals surface area contributed by atoms with Crippen LogP contribution < -0.4 is 5.32 Å². The second-order valence-corrected chi connectivity index (χ2v) is 4.73. The number of aromatic nitrogens is 2. The van der Waals surface area contributed by atoms with Gasteiger partial charge in [0.15, 0.2) is 0 Å². The summed E-state index contributed by atoms with van der Waals surface area (Å²) in [6, 6.07) is 2.32. The van der Waals surface area contributed by atoms with Crippen molar-refractivity contribution in [3.05, 3.63) is 41.9 Å². The number of hydrogen-bond acceptors (Lipinski definition) is 3. The van der Waals surface area contributed by atoms with Crippen molar-refractivity contribution in [2.75, 3.05) is 7.05 Å². The Hall–Kier alpha value is -1.55. The van der Waals surface area contributed by atoms with Crippen LogP contribution in [-0.2, 0) is 19.4 Å². The lowest BCUT2D eigenvalue weighted by molar-refractivity contribution is 0.488. The van der Waals surface area contributed by atoms with Crippen molar-refractivity contribution < 1.29 is 4.42 Å². The fourth-order valence-electron chi connectivity index (χ4n) is 2.47. The highest BCUT2D eigenvalue weighted by Gasteiger charge is 2.18. The Balaban J connectivity index is 2.17. The van der Waals surface area contributed by atoms with Crippen LogP contribution in [0.2, 0.25) is 0 Å². The van der Waals surface area contributed by atoms with Crippen LogP contribution in [0, 0.1) is 0 Å². The average Bonchev–Trinajstić information content (AvgIpc) is 3.05. The standard InChI is InChI=1S/C15H23N3O/c1-4-8-18-9-7-17-15(18)11-13(16-3)12-6-10-19-14(12)5-2/h6-7,9-10,13,16H,4-5,8,11H2,1-3H3. The first kappa shape index (κ1) is 13.9. The minimum absolute atomic E-state index is 0.256. The summed E-state index contributed by atoms with van der Waals surface area (Å²) >= 11 is 0. The summed E-state index contributed by atoms with van der Waals surface area (Å²) in [5.74, 6) is 2.19. The topological polar surface area (TPSA) is 43.0 Å². The molecular weight excluding hydrogens is 238 g/mol. The third kappa shape index (κ3) is 3.07. The fraction of sp³-hybridized carbons (Fsp3) is 0.533. The molecule has 4 nitrogen and oxygen atoms in total. The number of hydrogen-bond donors (Lipinski definition) is 1. The highest BCUT2D eigenvalue weighted by atomic mass is 16.3. The molecule has 19 heavy (non-hydrogen) atoms. The highest BCUT2D eigenvalue weighted by Crippen LogP contribution is 2.23. The number of imidazole rings is 1. The van der Waals surface area contributed by atoms with Crippen LogP contribution in [0.25, 0.3) is 0 Å². The first-order chi connectivity index (χ1) is 9.30. The van der Waals surface area contributed by atoms with Crippen molar-refractivity contribution in [1.82, 2.24) is 14.9 Å². The van der Waals surface area contributed by atoms with Crippen molar-refractivity contribution in [1.29, 1.82) is 0 Å². The van der Waals surface area contributed by atoms with Gasteiger partial charge in [-0.25, -0.2) is 4.98 Å². The molecule has 0 radical (unpaired) electrons. The molecule has 1 atom stereocenters. The van der Waals surface area contributed by atoms with Crippen LogP contribution in [-0.4, -0.2) is 16.6 Å². The van der Waals surface area contributed by atoms with E-state index >= 15 is 0 Å². The quantitative estimate of drug-likeness (QED) is 0.833. The molecule has 2 rings (SSSR count). The van der Waals surface area contributed by atoms with Crippen LogP contribution in [0.4, 0.5) is 0 Å². The second kappa shape index (κ2) is 6.57. The van der Waals surface area contributed by atoms with Gasteiger partial charge in [0.05, 0.1) is 6.26 Å². The molecule has 1 unspecified atom stereocenters. The molecule has 4 heteroatoms. The predicted molar refractivity (Wildman–Crippen MR) is 76.1 cm³/mol.